The molecule has 0 bridgehead atoms. The molecule has 0 spiro atoms. The van der Waals surface area contributed by atoms with Crippen molar-refractivity contribution in [2.45, 2.75) is 32.1 Å². The molecular weight excluding hydrogens is 423 g/mol. The smallest absolute Gasteiger partial charge is 0.277 e. The fourth-order valence-corrected chi connectivity index (χ4v) is 3.75. The lowest BCUT2D eigenvalue weighted by atomic mass is 10.2. The minimum absolute atomic E-state index is 0.0702. The van der Waals surface area contributed by atoms with E-state index in [0.29, 0.717) is 17.3 Å². The second-order valence-corrected chi connectivity index (χ2v) is 7.69. The second kappa shape index (κ2) is 8.72. The summed E-state index contributed by atoms with van der Waals surface area (Å²) in [5.74, 6) is 1.02. The molecule has 0 aliphatic rings. The average molecular weight is 442 g/mol. The molecule has 0 radical (unpaired) electrons. The van der Waals surface area contributed by atoms with Gasteiger partial charge in [0, 0.05) is 17.0 Å². The third-order valence-electron chi connectivity index (χ3n) is 4.57. The van der Waals surface area contributed by atoms with Crippen LogP contribution in [0.2, 0.25) is 0 Å². The van der Waals surface area contributed by atoms with Crippen LogP contribution >= 0.6 is 11.8 Å². The molecule has 0 amide bonds. The number of ether oxygens (including phenoxy) is 1. The quantitative estimate of drug-likeness (QED) is 0.323. The first-order valence-electron chi connectivity index (χ1n) is 9.38. The van der Waals surface area contributed by atoms with Crippen LogP contribution in [0.3, 0.4) is 0 Å². The molecule has 160 valence electrons. The van der Waals surface area contributed by atoms with Gasteiger partial charge in [-0.1, -0.05) is 11.8 Å². The highest BCUT2D eigenvalue weighted by Gasteiger charge is 2.20. The number of aryl methyl sites for hydroxylation is 1. The van der Waals surface area contributed by atoms with Gasteiger partial charge in [0.2, 0.25) is 5.95 Å². The van der Waals surface area contributed by atoms with Crippen LogP contribution in [0.25, 0.3) is 5.95 Å². The van der Waals surface area contributed by atoms with E-state index in [1.165, 1.54) is 30.6 Å². The number of ketones is 1. The number of H-pyrrole nitrogens is 1. The first-order valence-corrected chi connectivity index (χ1v) is 10.4. The summed E-state index contributed by atoms with van der Waals surface area (Å²) in [4.78, 5) is 16.9. The molecule has 0 aliphatic carbocycles. The van der Waals surface area contributed by atoms with Crippen molar-refractivity contribution < 1.29 is 18.3 Å². The Hall–Kier alpha value is -3.47. The Morgan fingerprint density at radius 3 is 2.77 bits per heavy atom. The van der Waals surface area contributed by atoms with E-state index in [1.54, 1.807) is 6.92 Å². The minimum atomic E-state index is -0.524. The second-order valence-electron chi connectivity index (χ2n) is 6.76. The van der Waals surface area contributed by atoms with Crippen molar-refractivity contribution >= 4 is 17.5 Å². The Morgan fingerprint density at radius 2 is 2.06 bits per heavy atom. The summed E-state index contributed by atoms with van der Waals surface area (Å²) in [5.41, 5.74) is 2.23. The normalized spacial score (nSPS) is 12.1. The SMILES string of the molecule is Cc1cc(C(=O)CSc2nnc(C(C)Oc3ccc(F)cc3)o2)c(C)n1-c1ncn[nH]1. The Bertz CT molecular complexity index is 1190. The van der Waals surface area contributed by atoms with E-state index >= 15 is 0 Å². The van der Waals surface area contributed by atoms with Gasteiger partial charge in [0.15, 0.2) is 11.9 Å². The number of thioether (sulfide) groups is 1. The predicted molar refractivity (Wildman–Crippen MR) is 110 cm³/mol. The minimum Gasteiger partial charge on any atom is -0.481 e. The van der Waals surface area contributed by atoms with Crippen LogP contribution in [0.1, 0.15) is 40.7 Å². The summed E-state index contributed by atoms with van der Waals surface area (Å²) in [5, 5.41) is 14.9. The molecular formula is C20H19FN6O3S. The molecule has 9 nitrogen and oxygen atoms in total. The van der Waals surface area contributed by atoms with Crippen LogP contribution in [0, 0.1) is 19.7 Å². The lowest BCUT2D eigenvalue weighted by Crippen LogP contribution is -2.06. The summed E-state index contributed by atoms with van der Waals surface area (Å²) in [6, 6.07) is 7.47. The number of aromatic nitrogens is 6. The molecule has 1 unspecified atom stereocenters. The van der Waals surface area contributed by atoms with Crippen molar-refractivity contribution in [3.8, 4) is 11.7 Å². The lowest BCUT2D eigenvalue weighted by molar-refractivity contribution is 0.102. The van der Waals surface area contributed by atoms with Gasteiger partial charge in [0.25, 0.3) is 11.1 Å². The van der Waals surface area contributed by atoms with Crippen molar-refractivity contribution in [1.82, 2.24) is 29.9 Å². The van der Waals surface area contributed by atoms with Gasteiger partial charge in [-0.15, -0.1) is 10.2 Å². The fourth-order valence-electron chi connectivity index (χ4n) is 3.09. The number of nitrogens with zero attached hydrogens (tertiary/aromatic N) is 5. The predicted octanol–water partition coefficient (Wildman–Crippen LogP) is 3.85. The lowest BCUT2D eigenvalue weighted by Gasteiger charge is -2.10. The van der Waals surface area contributed by atoms with E-state index in [1.807, 2.05) is 24.5 Å². The molecule has 0 fully saturated rings. The fraction of sp³-hybridized carbons (Fsp3) is 0.250. The van der Waals surface area contributed by atoms with Crippen LogP contribution < -0.4 is 4.74 Å². The summed E-state index contributed by atoms with van der Waals surface area (Å²) in [6.07, 6.45) is 0.892. The standard InChI is InChI=1S/C20H19FN6O3S/c1-11-8-16(12(2)27(11)19-22-10-23-25-19)17(28)9-31-20-26-24-18(30-20)13(3)29-15-6-4-14(21)5-7-15/h4-8,10,13H,9H2,1-3H3,(H,22,23,25). The van der Waals surface area contributed by atoms with E-state index < -0.39 is 6.10 Å². The third kappa shape index (κ3) is 4.50. The summed E-state index contributed by atoms with van der Waals surface area (Å²) < 4.78 is 26.1. The van der Waals surface area contributed by atoms with Crippen LogP contribution in [0.15, 0.2) is 46.3 Å². The number of benzene rings is 1. The first kappa shape index (κ1) is 20.8. The number of Topliss-reactive ketones (excluding diaryl/α,β-unsaturated/α-hetero) is 1. The average Bonchev–Trinajstić information content (AvgIpc) is 3.49. The molecule has 11 heteroatoms. The molecule has 1 aromatic carbocycles. The van der Waals surface area contributed by atoms with Gasteiger partial charge in [-0.05, 0) is 51.1 Å². The maximum atomic E-state index is 13.0. The van der Waals surface area contributed by atoms with Gasteiger partial charge >= 0.3 is 0 Å². The number of hydrogen-bond acceptors (Lipinski definition) is 8. The summed E-state index contributed by atoms with van der Waals surface area (Å²) >= 11 is 1.15. The van der Waals surface area contributed by atoms with Gasteiger partial charge in [0.05, 0.1) is 5.75 Å². The Morgan fingerprint density at radius 1 is 1.29 bits per heavy atom. The van der Waals surface area contributed by atoms with Crippen molar-refractivity contribution in [3.05, 3.63) is 65.3 Å². The molecule has 0 saturated heterocycles. The summed E-state index contributed by atoms with van der Waals surface area (Å²) in [6.45, 7) is 5.49. The van der Waals surface area contributed by atoms with Crippen molar-refractivity contribution in [2.75, 3.05) is 5.75 Å². The van der Waals surface area contributed by atoms with Crippen molar-refractivity contribution in [3.63, 3.8) is 0 Å². The van der Waals surface area contributed by atoms with Gasteiger partial charge in [-0.2, -0.15) is 10.1 Å². The summed E-state index contributed by atoms with van der Waals surface area (Å²) in [7, 11) is 0. The molecule has 4 aromatic rings. The van der Waals surface area contributed by atoms with E-state index in [4.69, 9.17) is 9.15 Å². The zero-order chi connectivity index (χ0) is 22.0. The number of carbonyl (C=O) groups excluding carboxylic acids is 1. The maximum Gasteiger partial charge on any atom is 0.277 e. The Kier molecular flexibility index (Phi) is 5.85. The topological polar surface area (TPSA) is 112 Å². The molecule has 3 aromatic heterocycles. The Labute approximate surface area is 181 Å². The molecule has 4 rings (SSSR count). The molecule has 3 heterocycles. The highest BCUT2D eigenvalue weighted by atomic mass is 32.2. The number of carbonyl (C=O) groups is 1. The first-order chi connectivity index (χ1) is 14.9. The highest BCUT2D eigenvalue weighted by Crippen LogP contribution is 2.26. The number of nitrogens with one attached hydrogen (secondary N) is 1. The van der Waals surface area contributed by atoms with Crippen LogP contribution in [-0.2, 0) is 0 Å². The number of halogens is 1. The van der Waals surface area contributed by atoms with Crippen molar-refractivity contribution in [2.24, 2.45) is 0 Å². The van der Waals surface area contributed by atoms with Crippen LogP contribution in [0.5, 0.6) is 5.75 Å². The number of rotatable bonds is 8. The Balaban J connectivity index is 1.39. The van der Waals surface area contributed by atoms with Crippen LogP contribution in [-0.4, -0.2) is 41.5 Å². The van der Waals surface area contributed by atoms with Gasteiger partial charge in [-0.3, -0.25) is 9.36 Å². The largest absolute Gasteiger partial charge is 0.481 e. The molecule has 0 saturated carbocycles. The van der Waals surface area contributed by atoms with Crippen molar-refractivity contribution in [1.29, 1.82) is 0 Å². The monoisotopic (exact) mass is 442 g/mol. The zero-order valence-electron chi connectivity index (χ0n) is 17.0. The van der Waals surface area contributed by atoms with E-state index in [9.17, 15) is 9.18 Å². The number of aromatic amines is 1. The van der Waals surface area contributed by atoms with E-state index in [0.717, 1.165) is 23.1 Å². The van der Waals surface area contributed by atoms with E-state index in [2.05, 4.69) is 25.4 Å². The maximum absolute atomic E-state index is 13.0. The zero-order valence-corrected chi connectivity index (χ0v) is 17.8. The van der Waals surface area contributed by atoms with Gasteiger partial charge in [-0.25, -0.2) is 9.49 Å². The highest BCUT2D eigenvalue weighted by molar-refractivity contribution is 7.99. The van der Waals surface area contributed by atoms with E-state index in [-0.39, 0.29) is 28.5 Å². The molecule has 0 aliphatic heterocycles. The van der Waals surface area contributed by atoms with Crippen LogP contribution in [0.4, 0.5) is 4.39 Å². The molecule has 1 N–H and O–H groups in total. The van der Waals surface area contributed by atoms with Gasteiger partial charge < -0.3 is 9.15 Å². The molecule has 1 atom stereocenters. The van der Waals surface area contributed by atoms with Gasteiger partial charge in [0.1, 0.15) is 17.9 Å². The number of hydrogen-bond donors (Lipinski definition) is 1. The third-order valence-corrected chi connectivity index (χ3v) is 5.39. The molecule has 31 heavy (non-hydrogen) atoms.